The summed E-state index contributed by atoms with van der Waals surface area (Å²) in [6, 6.07) is 5.80. The molecule has 0 amide bonds. The number of hydrogen-bond donors (Lipinski definition) is 2. The molecule has 0 aromatic heterocycles. The van der Waals surface area contributed by atoms with Crippen LogP contribution in [0.1, 0.15) is 49.7 Å². The molecule has 0 saturated heterocycles. The summed E-state index contributed by atoms with van der Waals surface area (Å²) in [6.45, 7) is 9.83. The summed E-state index contributed by atoms with van der Waals surface area (Å²) in [4.78, 5) is 0. The summed E-state index contributed by atoms with van der Waals surface area (Å²) >= 11 is 0. The standard InChI is InChI=1S/C26H32O3/c1-4-6-8-19(7-5-2)29-23-16-26(3)22(13-14-24(26)28)21-11-9-17-15-18(27)10-12-20(17)25(21)23/h4-8,10,12,15,21-25,27-28H,1-2,9,11,13-14,16H2,3H3/b8-6-,19-7+/t21-,22-,23-,24-,25+,26-/m0/s1. The summed E-state index contributed by atoms with van der Waals surface area (Å²) in [5.74, 6) is 2.37. The minimum atomic E-state index is -0.267. The molecule has 3 aliphatic rings. The first-order chi connectivity index (χ1) is 14.0. The lowest BCUT2D eigenvalue weighted by Crippen LogP contribution is -2.50. The van der Waals surface area contributed by atoms with Crippen LogP contribution in [0.15, 0.2) is 67.5 Å². The number of aromatic hydroxyl groups is 1. The predicted molar refractivity (Wildman–Crippen MR) is 117 cm³/mol. The number of aryl methyl sites for hydroxylation is 1. The van der Waals surface area contributed by atoms with Gasteiger partial charge < -0.3 is 14.9 Å². The van der Waals surface area contributed by atoms with Crippen LogP contribution in [0.4, 0.5) is 0 Å². The first-order valence-corrected chi connectivity index (χ1v) is 10.8. The van der Waals surface area contributed by atoms with Crippen LogP contribution in [-0.4, -0.2) is 22.4 Å². The fraction of sp³-hybridized carbons (Fsp3) is 0.462. The van der Waals surface area contributed by atoms with Gasteiger partial charge in [0.2, 0.25) is 0 Å². The highest BCUT2D eigenvalue weighted by molar-refractivity contribution is 5.41. The molecule has 1 aromatic rings. The van der Waals surface area contributed by atoms with Crippen LogP contribution in [0.5, 0.6) is 5.75 Å². The largest absolute Gasteiger partial charge is 0.508 e. The number of phenolic OH excluding ortho intramolecular Hbond substituents is 1. The highest BCUT2D eigenvalue weighted by atomic mass is 16.5. The molecule has 2 saturated carbocycles. The molecule has 0 unspecified atom stereocenters. The van der Waals surface area contributed by atoms with E-state index in [1.54, 1.807) is 18.2 Å². The maximum absolute atomic E-state index is 10.9. The number of hydrogen-bond acceptors (Lipinski definition) is 3. The smallest absolute Gasteiger partial charge is 0.119 e. The van der Waals surface area contributed by atoms with E-state index < -0.39 is 0 Å². The van der Waals surface area contributed by atoms with E-state index >= 15 is 0 Å². The van der Waals surface area contributed by atoms with Gasteiger partial charge in [-0.05, 0) is 79.4 Å². The van der Waals surface area contributed by atoms with Crippen molar-refractivity contribution in [1.82, 2.24) is 0 Å². The molecule has 29 heavy (non-hydrogen) atoms. The molecule has 154 valence electrons. The first-order valence-electron chi connectivity index (χ1n) is 10.8. The van der Waals surface area contributed by atoms with Crippen LogP contribution in [0.25, 0.3) is 0 Å². The Morgan fingerprint density at radius 1 is 1.21 bits per heavy atom. The highest BCUT2D eigenvalue weighted by Crippen LogP contribution is 2.61. The normalized spacial score (nSPS) is 36.2. The van der Waals surface area contributed by atoms with Gasteiger partial charge in [-0.25, -0.2) is 0 Å². The second kappa shape index (κ2) is 7.87. The van der Waals surface area contributed by atoms with Gasteiger partial charge in [0.15, 0.2) is 0 Å². The number of ether oxygens (including phenoxy) is 1. The van der Waals surface area contributed by atoms with Crippen molar-refractivity contribution in [2.75, 3.05) is 0 Å². The second-order valence-corrected chi connectivity index (χ2v) is 9.08. The van der Waals surface area contributed by atoms with Crippen LogP contribution in [0.3, 0.4) is 0 Å². The van der Waals surface area contributed by atoms with Crippen molar-refractivity contribution in [1.29, 1.82) is 0 Å². The SMILES string of the molecule is C=C/C=C\C(=C/C=C)O[C@H]1C[C@]2(C)[C@@H](O)CC[C@H]2[C@@H]2CCc3cc(O)ccc3[C@H]21. The Hall–Kier alpha value is -2.26. The maximum Gasteiger partial charge on any atom is 0.119 e. The minimum Gasteiger partial charge on any atom is -0.508 e. The number of benzene rings is 1. The lowest BCUT2D eigenvalue weighted by Gasteiger charge is -2.53. The third-order valence-electron chi connectivity index (χ3n) is 7.58. The van der Waals surface area contributed by atoms with Crippen molar-refractivity contribution in [3.8, 4) is 5.75 Å². The van der Waals surface area contributed by atoms with Gasteiger partial charge in [0, 0.05) is 11.3 Å². The molecule has 0 radical (unpaired) electrons. The zero-order valence-corrected chi connectivity index (χ0v) is 17.3. The van der Waals surface area contributed by atoms with E-state index in [0.29, 0.717) is 17.6 Å². The van der Waals surface area contributed by atoms with Gasteiger partial charge in [-0.2, -0.15) is 0 Å². The molecule has 3 nitrogen and oxygen atoms in total. The zero-order chi connectivity index (χ0) is 20.6. The maximum atomic E-state index is 10.9. The lowest BCUT2D eigenvalue weighted by atomic mass is 9.54. The minimum absolute atomic E-state index is 0.0294. The molecule has 6 atom stereocenters. The molecule has 2 fully saturated rings. The Bertz CT molecular complexity index is 852. The topological polar surface area (TPSA) is 49.7 Å². The number of phenols is 1. The van der Waals surface area contributed by atoms with Crippen molar-refractivity contribution in [3.05, 3.63) is 78.6 Å². The molecule has 0 bridgehead atoms. The molecular weight excluding hydrogens is 360 g/mol. The quantitative estimate of drug-likeness (QED) is 0.520. The Morgan fingerprint density at radius 2 is 2.03 bits per heavy atom. The molecule has 1 aromatic carbocycles. The molecule has 3 aliphatic carbocycles. The van der Waals surface area contributed by atoms with E-state index in [4.69, 9.17) is 4.74 Å². The van der Waals surface area contributed by atoms with Gasteiger partial charge in [-0.3, -0.25) is 0 Å². The lowest BCUT2D eigenvalue weighted by molar-refractivity contribution is -0.0873. The average molecular weight is 393 g/mol. The number of aliphatic hydroxyl groups is 1. The van der Waals surface area contributed by atoms with Crippen molar-refractivity contribution in [3.63, 3.8) is 0 Å². The van der Waals surface area contributed by atoms with Crippen LogP contribution in [-0.2, 0) is 11.2 Å². The zero-order valence-electron chi connectivity index (χ0n) is 17.3. The molecule has 3 heteroatoms. The Balaban J connectivity index is 1.75. The third kappa shape index (κ3) is 3.46. The van der Waals surface area contributed by atoms with E-state index in [9.17, 15) is 10.2 Å². The second-order valence-electron chi connectivity index (χ2n) is 9.08. The van der Waals surface area contributed by atoms with Crippen LogP contribution in [0.2, 0.25) is 0 Å². The van der Waals surface area contributed by atoms with Crippen LogP contribution >= 0.6 is 0 Å². The van der Waals surface area contributed by atoms with E-state index in [1.807, 2.05) is 24.3 Å². The van der Waals surface area contributed by atoms with E-state index in [0.717, 1.165) is 37.9 Å². The van der Waals surface area contributed by atoms with Crippen molar-refractivity contribution >= 4 is 0 Å². The van der Waals surface area contributed by atoms with Gasteiger partial charge in [-0.15, -0.1) is 0 Å². The Morgan fingerprint density at radius 3 is 2.79 bits per heavy atom. The van der Waals surface area contributed by atoms with Crippen molar-refractivity contribution < 1.29 is 14.9 Å². The number of allylic oxidation sites excluding steroid dienone is 5. The molecule has 0 heterocycles. The van der Waals surface area contributed by atoms with E-state index in [1.165, 1.54) is 11.1 Å². The Kier molecular flexibility index (Phi) is 5.44. The first kappa shape index (κ1) is 20.0. The number of fused-ring (bicyclic) bond motifs is 5. The molecule has 2 N–H and O–H groups in total. The van der Waals surface area contributed by atoms with Crippen LogP contribution in [0, 0.1) is 17.3 Å². The van der Waals surface area contributed by atoms with Gasteiger partial charge >= 0.3 is 0 Å². The Labute approximate surface area is 174 Å². The van der Waals surface area contributed by atoms with Crippen molar-refractivity contribution in [2.45, 2.75) is 57.2 Å². The summed E-state index contributed by atoms with van der Waals surface area (Å²) in [5.41, 5.74) is 2.43. The average Bonchev–Trinajstić information content (AvgIpc) is 3.00. The van der Waals surface area contributed by atoms with Gasteiger partial charge in [-0.1, -0.05) is 44.4 Å². The monoisotopic (exact) mass is 392 g/mol. The number of rotatable bonds is 5. The fourth-order valence-corrected chi connectivity index (χ4v) is 6.29. The molecule has 0 aliphatic heterocycles. The summed E-state index contributed by atoms with van der Waals surface area (Å²) < 4.78 is 6.59. The molecule has 0 spiro atoms. The van der Waals surface area contributed by atoms with E-state index in [2.05, 4.69) is 26.1 Å². The predicted octanol–water partition coefficient (Wildman–Crippen LogP) is 5.42. The van der Waals surface area contributed by atoms with Gasteiger partial charge in [0.05, 0.1) is 6.10 Å². The van der Waals surface area contributed by atoms with Gasteiger partial charge in [0.25, 0.3) is 0 Å². The van der Waals surface area contributed by atoms with Gasteiger partial charge in [0.1, 0.15) is 17.6 Å². The molecular formula is C26H32O3. The summed E-state index contributed by atoms with van der Waals surface area (Å²) in [6.07, 6.45) is 13.7. The van der Waals surface area contributed by atoms with Crippen molar-refractivity contribution in [2.24, 2.45) is 17.3 Å². The summed E-state index contributed by atoms with van der Waals surface area (Å²) in [7, 11) is 0. The van der Waals surface area contributed by atoms with E-state index in [-0.39, 0.29) is 23.5 Å². The van der Waals surface area contributed by atoms with Crippen LogP contribution < -0.4 is 0 Å². The number of aliphatic hydroxyl groups excluding tert-OH is 1. The third-order valence-corrected chi connectivity index (χ3v) is 7.58. The molecule has 4 rings (SSSR count). The highest BCUT2D eigenvalue weighted by Gasteiger charge is 2.58. The summed E-state index contributed by atoms with van der Waals surface area (Å²) in [5, 5.41) is 20.8. The fourth-order valence-electron chi connectivity index (χ4n) is 6.29.